The summed E-state index contributed by atoms with van der Waals surface area (Å²) in [7, 11) is -4.45. The van der Waals surface area contributed by atoms with E-state index in [0.29, 0.717) is 0 Å². The SMILES string of the molecule is C=C(C)C(=O)C(O)CCCOP(=O)(O)O. The number of phosphoric acid groups is 1. The fourth-order valence-electron chi connectivity index (χ4n) is 0.876. The summed E-state index contributed by atoms with van der Waals surface area (Å²) in [4.78, 5) is 27.7. The maximum Gasteiger partial charge on any atom is 0.469 e. The number of aliphatic hydroxyl groups is 1. The highest BCUT2D eigenvalue weighted by Crippen LogP contribution is 2.35. The van der Waals surface area contributed by atoms with Gasteiger partial charge in [-0.15, -0.1) is 0 Å². The van der Waals surface area contributed by atoms with E-state index in [0.717, 1.165) is 0 Å². The first kappa shape index (κ1) is 14.5. The lowest BCUT2D eigenvalue weighted by Crippen LogP contribution is -2.21. The van der Waals surface area contributed by atoms with Crippen molar-refractivity contribution in [3.8, 4) is 0 Å². The first-order valence-corrected chi connectivity index (χ1v) is 5.85. The molecule has 0 bridgehead atoms. The van der Waals surface area contributed by atoms with Gasteiger partial charge in [-0.25, -0.2) is 4.57 Å². The zero-order valence-electron chi connectivity index (χ0n) is 8.42. The molecule has 0 rings (SSSR count). The van der Waals surface area contributed by atoms with Gasteiger partial charge in [-0.2, -0.15) is 0 Å². The van der Waals surface area contributed by atoms with E-state index < -0.39 is 19.7 Å². The van der Waals surface area contributed by atoms with Gasteiger partial charge in [0, 0.05) is 0 Å². The van der Waals surface area contributed by atoms with Crippen LogP contribution in [0.15, 0.2) is 12.2 Å². The lowest BCUT2D eigenvalue weighted by atomic mass is 10.1. The third-order valence-corrected chi connectivity index (χ3v) is 2.12. The Morgan fingerprint density at radius 3 is 2.47 bits per heavy atom. The molecule has 0 saturated carbocycles. The van der Waals surface area contributed by atoms with E-state index in [2.05, 4.69) is 11.1 Å². The second-order valence-corrected chi connectivity index (χ2v) is 4.37. The van der Waals surface area contributed by atoms with Gasteiger partial charge in [-0.05, 0) is 25.3 Å². The summed E-state index contributed by atoms with van der Waals surface area (Å²) in [6.45, 7) is 4.66. The fraction of sp³-hybridized carbons (Fsp3) is 0.625. The van der Waals surface area contributed by atoms with Crippen molar-refractivity contribution in [2.24, 2.45) is 0 Å². The van der Waals surface area contributed by atoms with Crippen LogP contribution < -0.4 is 0 Å². The molecule has 0 radical (unpaired) electrons. The molecule has 0 aromatic rings. The van der Waals surface area contributed by atoms with Crippen molar-refractivity contribution in [1.29, 1.82) is 0 Å². The van der Waals surface area contributed by atoms with Crippen LogP contribution in [0, 0.1) is 0 Å². The minimum atomic E-state index is -4.45. The molecule has 0 aromatic carbocycles. The first-order valence-electron chi connectivity index (χ1n) is 4.32. The highest BCUT2D eigenvalue weighted by atomic mass is 31.2. The largest absolute Gasteiger partial charge is 0.469 e. The van der Waals surface area contributed by atoms with E-state index >= 15 is 0 Å². The second-order valence-electron chi connectivity index (χ2n) is 3.13. The molecule has 3 N–H and O–H groups in total. The zero-order chi connectivity index (χ0) is 12.1. The molecular weight excluding hydrogens is 223 g/mol. The molecule has 88 valence electrons. The molecule has 0 fully saturated rings. The van der Waals surface area contributed by atoms with Gasteiger partial charge in [0.05, 0.1) is 6.61 Å². The predicted molar refractivity (Wildman–Crippen MR) is 53.1 cm³/mol. The number of Topliss-reactive ketones (excluding diaryl/α,β-unsaturated/α-hetero) is 1. The van der Waals surface area contributed by atoms with Gasteiger partial charge >= 0.3 is 7.82 Å². The van der Waals surface area contributed by atoms with Crippen LogP contribution in [0.3, 0.4) is 0 Å². The lowest BCUT2D eigenvalue weighted by Gasteiger charge is -2.09. The van der Waals surface area contributed by atoms with Crippen LogP contribution >= 0.6 is 7.82 Å². The Bertz CT molecular complexity index is 281. The molecule has 0 spiro atoms. The number of hydrogen-bond acceptors (Lipinski definition) is 4. The van der Waals surface area contributed by atoms with Crippen molar-refractivity contribution < 1.29 is 28.8 Å². The van der Waals surface area contributed by atoms with Crippen LogP contribution in [0.25, 0.3) is 0 Å². The van der Waals surface area contributed by atoms with Crippen molar-refractivity contribution in [2.75, 3.05) is 6.61 Å². The van der Waals surface area contributed by atoms with Crippen molar-refractivity contribution in [2.45, 2.75) is 25.9 Å². The Morgan fingerprint density at radius 1 is 1.53 bits per heavy atom. The van der Waals surface area contributed by atoms with Crippen LogP contribution in [-0.4, -0.2) is 33.4 Å². The smallest absolute Gasteiger partial charge is 0.385 e. The lowest BCUT2D eigenvalue weighted by molar-refractivity contribution is -0.123. The van der Waals surface area contributed by atoms with Gasteiger partial charge in [0.1, 0.15) is 6.10 Å². The second kappa shape index (κ2) is 6.15. The third-order valence-electron chi connectivity index (χ3n) is 1.60. The number of carbonyl (C=O) groups excluding carboxylic acids is 1. The maximum atomic E-state index is 11.1. The summed E-state index contributed by atoms with van der Waals surface area (Å²) in [5, 5.41) is 9.26. The standard InChI is InChI=1S/C8H15O6P/c1-6(2)8(10)7(9)4-3-5-14-15(11,12)13/h7,9H,1,3-5H2,2H3,(H2,11,12,13). The molecule has 0 aliphatic carbocycles. The van der Waals surface area contributed by atoms with Crippen molar-refractivity contribution in [1.82, 2.24) is 0 Å². The highest BCUT2D eigenvalue weighted by molar-refractivity contribution is 7.46. The molecule has 0 aliphatic rings. The molecule has 1 unspecified atom stereocenters. The minimum Gasteiger partial charge on any atom is -0.385 e. The summed E-state index contributed by atoms with van der Waals surface area (Å²) in [6.07, 6.45) is -0.903. The zero-order valence-corrected chi connectivity index (χ0v) is 9.31. The normalized spacial score (nSPS) is 13.6. The van der Waals surface area contributed by atoms with Gasteiger partial charge < -0.3 is 14.9 Å². The Hall–Kier alpha value is -0.520. The van der Waals surface area contributed by atoms with Crippen LogP contribution in [-0.2, 0) is 13.9 Å². The number of hydrogen-bond donors (Lipinski definition) is 3. The molecule has 15 heavy (non-hydrogen) atoms. The summed E-state index contributed by atoms with van der Waals surface area (Å²) < 4.78 is 14.4. The number of aliphatic hydroxyl groups excluding tert-OH is 1. The number of rotatable bonds is 7. The van der Waals surface area contributed by atoms with Crippen LogP contribution in [0.5, 0.6) is 0 Å². The summed E-state index contributed by atoms with van der Waals surface area (Å²) in [5.41, 5.74) is 0.249. The topological polar surface area (TPSA) is 104 Å². The first-order chi connectivity index (χ1) is 6.74. The third kappa shape index (κ3) is 7.41. The Kier molecular flexibility index (Phi) is 5.93. The fourth-order valence-corrected chi connectivity index (χ4v) is 1.24. The van der Waals surface area contributed by atoms with E-state index in [4.69, 9.17) is 9.79 Å². The van der Waals surface area contributed by atoms with Gasteiger partial charge in [-0.1, -0.05) is 6.58 Å². The molecule has 7 heteroatoms. The molecule has 0 amide bonds. The van der Waals surface area contributed by atoms with Gasteiger partial charge in [0.15, 0.2) is 5.78 Å². The summed E-state index contributed by atoms with van der Waals surface area (Å²) in [6, 6.07) is 0. The van der Waals surface area contributed by atoms with E-state index in [1.54, 1.807) is 0 Å². The van der Waals surface area contributed by atoms with Crippen molar-refractivity contribution in [3.63, 3.8) is 0 Å². The molecule has 0 heterocycles. The Balaban J connectivity index is 3.74. The molecule has 0 aliphatic heterocycles. The Morgan fingerprint density at radius 2 is 2.07 bits per heavy atom. The van der Waals surface area contributed by atoms with E-state index in [1.807, 2.05) is 0 Å². The van der Waals surface area contributed by atoms with E-state index in [-0.39, 0.29) is 25.0 Å². The minimum absolute atomic E-state index is 0.0890. The predicted octanol–water partition coefficient (Wildman–Crippen LogP) is 0.382. The quantitative estimate of drug-likeness (QED) is 0.336. The molecular formula is C8H15O6P. The number of phosphoric ester groups is 1. The molecule has 1 atom stereocenters. The number of ketones is 1. The maximum absolute atomic E-state index is 11.1. The summed E-state index contributed by atoms with van der Waals surface area (Å²) >= 11 is 0. The van der Waals surface area contributed by atoms with E-state index in [9.17, 15) is 14.5 Å². The summed E-state index contributed by atoms with van der Waals surface area (Å²) in [5.74, 6) is -0.467. The van der Waals surface area contributed by atoms with Crippen LogP contribution in [0.1, 0.15) is 19.8 Å². The van der Waals surface area contributed by atoms with Gasteiger partial charge in [-0.3, -0.25) is 9.32 Å². The molecule has 6 nitrogen and oxygen atoms in total. The average molecular weight is 238 g/mol. The number of carbonyl (C=O) groups is 1. The van der Waals surface area contributed by atoms with Crippen LogP contribution in [0.2, 0.25) is 0 Å². The van der Waals surface area contributed by atoms with E-state index in [1.165, 1.54) is 6.92 Å². The monoisotopic (exact) mass is 238 g/mol. The van der Waals surface area contributed by atoms with Crippen molar-refractivity contribution >= 4 is 13.6 Å². The van der Waals surface area contributed by atoms with Crippen LogP contribution in [0.4, 0.5) is 0 Å². The average Bonchev–Trinajstić information content (AvgIpc) is 2.09. The highest BCUT2D eigenvalue weighted by Gasteiger charge is 2.17. The Labute approximate surface area is 87.8 Å². The molecule has 0 saturated heterocycles. The van der Waals surface area contributed by atoms with Gasteiger partial charge in [0.25, 0.3) is 0 Å². The van der Waals surface area contributed by atoms with Gasteiger partial charge in [0.2, 0.25) is 0 Å². The van der Waals surface area contributed by atoms with Crippen molar-refractivity contribution in [3.05, 3.63) is 12.2 Å². The molecule has 0 aromatic heterocycles.